The summed E-state index contributed by atoms with van der Waals surface area (Å²) in [5.41, 5.74) is 7.04. The van der Waals surface area contributed by atoms with Gasteiger partial charge in [0.25, 0.3) is 0 Å². The highest BCUT2D eigenvalue weighted by atomic mass is 16.5. The monoisotopic (exact) mass is 375 g/mol. The topological polar surface area (TPSA) is 84.7 Å². The summed E-state index contributed by atoms with van der Waals surface area (Å²) in [5.74, 6) is 0.0428. The SMILES string of the molecule is CCN(C(=O)[C@@H](N)C(C)C)[C@H]1CCCC[C@H]1NC(=O)OCc1ccccc1. The summed E-state index contributed by atoms with van der Waals surface area (Å²) in [7, 11) is 0. The van der Waals surface area contributed by atoms with Crippen LogP contribution in [0.1, 0.15) is 52.0 Å². The molecule has 3 N–H and O–H groups in total. The summed E-state index contributed by atoms with van der Waals surface area (Å²) in [6.45, 7) is 6.69. The molecule has 0 saturated heterocycles. The van der Waals surface area contributed by atoms with Crippen molar-refractivity contribution in [3.63, 3.8) is 0 Å². The fourth-order valence-corrected chi connectivity index (χ4v) is 3.60. The number of amides is 2. The van der Waals surface area contributed by atoms with Gasteiger partial charge in [-0.2, -0.15) is 0 Å². The molecule has 1 aromatic rings. The summed E-state index contributed by atoms with van der Waals surface area (Å²) >= 11 is 0. The average molecular weight is 376 g/mol. The van der Waals surface area contributed by atoms with Crippen molar-refractivity contribution in [2.24, 2.45) is 11.7 Å². The summed E-state index contributed by atoms with van der Waals surface area (Å²) in [4.78, 5) is 26.9. The van der Waals surface area contributed by atoms with E-state index in [9.17, 15) is 9.59 Å². The van der Waals surface area contributed by atoms with Crippen LogP contribution in [0.25, 0.3) is 0 Å². The number of nitrogens with zero attached hydrogens (tertiary/aromatic N) is 1. The molecule has 1 aromatic carbocycles. The van der Waals surface area contributed by atoms with Crippen molar-refractivity contribution in [1.29, 1.82) is 0 Å². The van der Waals surface area contributed by atoms with Crippen LogP contribution in [0.3, 0.4) is 0 Å². The number of rotatable bonds is 7. The van der Waals surface area contributed by atoms with Gasteiger partial charge < -0.3 is 20.7 Å². The van der Waals surface area contributed by atoms with Crippen LogP contribution in [0.5, 0.6) is 0 Å². The summed E-state index contributed by atoms with van der Waals surface area (Å²) in [6, 6.07) is 8.93. The van der Waals surface area contributed by atoms with E-state index in [1.165, 1.54) is 0 Å². The van der Waals surface area contributed by atoms with Crippen molar-refractivity contribution < 1.29 is 14.3 Å². The van der Waals surface area contributed by atoms with Crippen LogP contribution in [0.2, 0.25) is 0 Å². The lowest BCUT2D eigenvalue weighted by molar-refractivity contribution is -0.137. The Bertz CT molecular complexity index is 606. The minimum absolute atomic E-state index is 0.0367. The maximum atomic E-state index is 12.8. The molecule has 1 saturated carbocycles. The molecule has 0 bridgehead atoms. The minimum Gasteiger partial charge on any atom is -0.445 e. The molecule has 6 nitrogen and oxygen atoms in total. The standard InChI is InChI=1S/C21H33N3O3/c1-4-24(20(25)19(22)15(2)3)18-13-9-8-12-17(18)23-21(26)27-14-16-10-6-5-7-11-16/h5-7,10-11,15,17-19H,4,8-9,12-14,22H2,1-3H3,(H,23,26)/t17-,18+,19+/m1/s1. The lowest BCUT2D eigenvalue weighted by Gasteiger charge is -2.41. The van der Waals surface area contributed by atoms with Crippen LogP contribution in [0.15, 0.2) is 30.3 Å². The van der Waals surface area contributed by atoms with E-state index in [1.807, 2.05) is 56.0 Å². The van der Waals surface area contributed by atoms with Gasteiger partial charge in [0.15, 0.2) is 0 Å². The number of nitrogens with two attached hydrogens (primary N) is 1. The third kappa shape index (κ3) is 5.96. The minimum atomic E-state index is -0.516. The number of likely N-dealkylation sites (N-methyl/N-ethyl adjacent to an activating group) is 1. The van der Waals surface area contributed by atoms with E-state index in [1.54, 1.807) is 0 Å². The number of hydrogen-bond acceptors (Lipinski definition) is 4. The molecule has 3 atom stereocenters. The zero-order chi connectivity index (χ0) is 19.8. The first-order valence-electron chi connectivity index (χ1n) is 9.97. The number of nitrogens with one attached hydrogen (secondary N) is 1. The Morgan fingerprint density at radius 1 is 1.22 bits per heavy atom. The Morgan fingerprint density at radius 3 is 2.52 bits per heavy atom. The molecule has 0 aliphatic heterocycles. The van der Waals surface area contributed by atoms with E-state index >= 15 is 0 Å². The second-order valence-electron chi connectivity index (χ2n) is 7.56. The molecule has 0 aromatic heterocycles. The molecule has 6 heteroatoms. The van der Waals surface area contributed by atoms with Gasteiger partial charge in [0, 0.05) is 6.54 Å². The molecule has 27 heavy (non-hydrogen) atoms. The Labute approximate surface area is 162 Å². The largest absolute Gasteiger partial charge is 0.445 e. The van der Waals surface area contributed by atoms with Crippen LogP contribution in [0, 0.1) is 5.92 Å². The van der Waals surface area contributed by atoms with Crippen LogP contribution in [0.4, 0.5) is 4.79 Å². The van der Waals surface area contributed by atoms with E-state index in [4.69, 9.17) is 10.5 Å². The molecule has 0 spiro atoms. The molecule has 1 aliphatic rings. The molecule has 0 radical (unpaired) electrons. The number of hydrogen-bond donors (Lipinski definition) is 2. The van der Waals surface area contributed by atoms with Gasteiger partial charge in [0.2, 0.25) is 5.91 Å². The molecule has 1 aliphatic carbocycles. The van der Waals surface area contributed by atoms with Crippen molar-refractivity contribution >= 4 is 12.0 Å². The van der Waals surface area contributed by atoms with Gasteiger partial charge in [-0.25, -0.2) is 4.79 Å². The Kier molecular flexibility index (Phi) is 8.10. The van der Waals surface area contributed by atoms with Crippen LogP contribution in [-0.4, -0.2) is 41.6 Å². The number of benzene rings is 1. The third-order valence-electron chi connectivity index (χ3n) is 5.27. The lowest BCUT2D eigenvalue weighted by atomic mass is 9.88. The maximum absolute atomic E-state index is 12.8. The Balaban J connectivity index is 1.98. The van der Waals surface area contributed by atoms with Crippen LogP contribution in [-0.2, 0) is 16.1 Å². The molecule has 0 unspecified atom stereocenters. The highest BCUT2D eigenvalue weighted by molar-refractivity contribution is 5.82. The van der Waals surface area contributed by atoms with E-state index in [2.05, 4.69) is 5.32 Å². The van der Waals surface area contributed by atoms with E-state index in [-0.39, 0.29) is 30.5 Å². The smallest absolute Gasteiger partial charge is 0.407 e. The average Bonchev–Trinajstić information content (AvgIpc) is 2.68. The molecule has 150 valence electrons. The Hall–Kier alpha value is -2.08. The zero-order valence-corrected chi connectivity index (χ0v) is 16.7. The highest BCUT2D eigenvalue weighted by Gasteiger charge is 2.35. The summed E-state index contributed by atoms with van der Waals surface area (Å²) in [6.07, 6.45) is 3.34. The summed E-state index contributed by atoms with van der Waals surface area (Å²) in [5, 5.41) is 2.98. The second kappa shape index (κ2) is 10.3. The van der Waals surface area contributed by atoms with E-state index in [0.717, 1.165) is 31.2 Å². The first-order chi connectivity index (χ1) is 12.9. The molecular weight excluding hydrogens is 342 g/mol. The first-order valence-corrected chi connectivity index (χ1v) is 9.97. The fraction of sp³-hybridized carbons (Fsp3) is 0.619. The van der Waals surface area contributed by atoms with Crippen LogP contribution >= 0.6 is 0 Å². The summed E-state index contributed by atoms with van der Waals surface area (Å²) < 4.78 is 5.36. The predicted octanol–water partition coefficient (Wildman–Crippen LogP) is 3.06. The van der Waals surface area contributed by atoms with Gasteiger partial charge in [0.1, 0.15) is 6.61 Å². The van der Waals surface area contributed by atoms with Crippen molar-refractivity contribution in [3.8, 4) is 0 Å². The molecule has 0 heterocycles. The first kappa shape index (κ1) is 21.2. The van der Waals surface area contributed by atoms with Gasteiger partial charge in [-0.05, 0) is 31.2 Å². The maximum Gasteiger partial charge on any atom is 0.407 e. The van der Waals surface area contributed by atoms with E-state index < -0.39 is 12.1 Å². The molecule has 2 amide bonds. The normalized spacial score (nSPS) is 20.8. The van der Waals surface area contributed by atoms with Crippen LogP contribution < -0.4 is 11.1 Å². The molecular formula is C21H33N3O3. The van der Waals surface area contributed by atoms with Gasteiger partial charge in [-0.3, -0.25) is 4.79 Å². The number of carbonyl (C=O) groups is 2. The van der Waals surface area contributed by atoms with Crippen molar-refractivity contribution in [2.45, 2.75) is 71.2 Å². The predicted molar refractivity (Wildman–Crippen MR) is 106 cm³/mol. The van der Waals surface area contributed by atoms with Crippen molar-refractivity contribution in [1.82, 2.24) is 10.2 Å². The number of ether oxygens (including phenoxy) is 1. The van der Waals surface area contributed by atoms with Gasteiger partial charge in [-0.15, -0.1) is 0 Å². The van der Waals surface area contributed by atoms with Gasteiger partial charge in [0.05, 0.1) is 18.1 Å². The molecule has 1 fully saturated rings. The van der Waals surface area contributed by atoms with Crippen molar-refractivity contribution in [2.75, 3.05) is 6.54 Å². The fourth-order valence-electron chi connectivity index (χ4n) is 3.60. The number of alkyl carbamates (subject to hydrolysis) is 1. The molecule has 2 rings (SSSR count). The number of carbonyl (C=O) groups excluding carboxylic acids is 2. The zero-order valence-electron chi connectivity index (χ0n) is 16.7. The second-order valence-corrected chi connectivity index (χ2v) is 7.56. The highest BCUT2D eigenvalue weighted by Crippen LogP contribution is 2.24. The Morgan fingerprint density at radius 2 is 1.89 bits per heavy atom. The quantitative estimate of drug-likeness (QED) is 0.767. The van der Waals surface area contributed by atoms with E-state index in [0.29, 0.717) is 6.54 Å². The van der Waals surface area contributed by atoms with Gasteiger partial charge >= 0.3 is 6.09 Å². The third-order valence-corrected chi connectivity index (χ3v) is 5.27. The lowest BCUT2D eigenvalue weighted by Crippen LogP contribution is -2.58. The van der Waals surface area contributed by atoms with Crippen molar-refractivity contribution in [3.05, 3.63) is 35.9 Å². The van der Waals surface area contributed by atoms with Gasteiger partial charge in [-0.1, -0.05) is 57.0 Å².